The second-order valence-corrected chi connectivity index (χ2v) is 8.22. The summed E-state index contributed by atoms with van der Waals surface area (Å²) in [5.41, 5.74) is -0.397. The van der Waals surface area contributed by atoms with E-state index in [9.17, 15) is 0 Å². The Morgan fingerprint density at radius 1 is 0.700 bits per heavy atom. The van der Waals surface area contributed by atoms with Gasteiger partial charge in [-0.15, -0.1) is 0 Å². The summed E-state index contributed by atoms with van der Waals surface area (Å²) >= 11 is 0. The Morgan fingerprint density at radius 2 is 1.05 bits per heavy atom. The van der Waals surface area contributed by atoms with Gasteiger partial charge in [0, 0.05) is 0 Å². The minimum absolute atomic E-state index is 0.0353. The third-order valence-electron chi connectivity index (χ3n) is 5.82. The first-order valence-corrected chi connectivity index (χ1v) is 8.63. The Balaban J connectivity index is 2.07. The average Bonchev–Trinajstić information content (AvgIpc) is 2.58. The van der Waals surface area contributed by atoms with Crippen LogP contribution in [0.5, 0.6) is 0 Å². The largest absolute Gasteiger partial charge is 0.456 e. The van der Waals surface area contributed by atoms with Gasteiger partial charge in [0.2, 0.25) is 0 Å². The maximum Gasteiger partial charge on any atom is 0.456 e. The maximum atomic E-state index is 6.35. The molecule has 1 saturated heterocycles. The Labute approximate surface area is 126 Å². The third-order valence-corrected chi connectivity index (χ3v) is 5.82. The molecule has 0 aromatic carbocycles. The van der Waals surface area contributed by atoms with E-state index in [-0.39, 0.29) is 23.5 Å². The normalized spacial score (nSPS) is 30.1. The van der Waals surface area contributed by atoms with E-state index in [1.807, 2.05) is 0 Å². The molecule has 0 unspecified atom stereocenters. The highest BCUT2D eigenvalue weighted by molar-refractivity contribution is 6.60. The van der Waals surface area contributed by atoms with Gasteiger partial charge in [-0.3, -0.25) is 0 Å². The zero-order chi connectivity index (χ0) is 14.9. The first-order chi connectivity index (χ1) is 9.27. The van der Waals surface area contributed by atoms with Crippen molar-refractivity contribution in [2.75, 3.05) is 0 Å². The second-order valence-electron chi connectivity index (χ2n) is 8.22. The topological polar surface area (TPSA) is 18.5 Å². The molecular formula is C16H32B2O2. The van der Waals surface area contributed by atoms with Gasteiger partial charge >= 0.3 is 7.12 Å². The lowest BCUT2D eigenvalue weighted by molar-refractivity contribution is 0.00578. The summed E-state index contributed by atoms with van der Waals surface area (Å²) in [6.07, 6.45) is 12.1. The minimum atomic E-state index is -0.198. The lowest BCUT2D eigenvalue weighted by atomic mass is 9.42. The van der Waals surface area contributed by atoms with Gasteiger partial charge in [-0.05, 0) is 32.9 Å². The monoisotopic (exact) mass is 278 g/mol. The van der Waals surface area contributed by atoms with Crippen molar-refractivity contribution in [2.45, 2.75) is 102 Å². The molecule has 0 aromatic rings. The van der Waals surface area contributed by atoms with Crippen LogP contribution in [0, 0.1) is 0 Å². The first-order valence-electron chi connectivity index (χ1n) is 8.63. The van der Waals surface area contributed by atoms with Crippen LogP contribution in [0.2, 0.25) is 5.21 Å². The lowest BCUT2D eigenvalue weighted by Crippen LogP contribution is -2.41. The van der Waals surface area contributed by atoms with Crippen LogP contribution in [-0.4, -0.2) is 26.2 Å². The van der Waals surface area contributed by atoms with Crippen LogP contribution in [0.15, 0.2) is 0 Å². The Morgan fingerprint density at radius 3 is 1.45 bits per heavy atom. The van der Waals surface area contributed by atoms with Gasteiger partial charge in [-0.1, -0.05) is 57.8 Å². The predicted molar refractivity (Wildman–Crippen MR) is 88.9 cm³/mol. The molecule has 2 rings (SSSR count). The van der Waals surface area contributed by atoms with Crippen LogP contribution < -0.4 is 0 Å². The molecule has 0 amide bonds. The molecule has 1 aliphatic heterocycles. The van der Waals surface area contributed by atoms with Gasteiger partial charge in [0.05, 0.1) is 11.2 Å². The smallest absolute Gasteiger partial charge is 0.403 e. The Hall–Kier alpha value is 0.0499. The average molecular weight is 278 g/mol. The lowest BCUT2D eigenvalue weighted by Gasteiger charge is -2.32. The molecule has 1 heterocycles. The molecule has 20 heavy (non-hydrogen) atoms. The fraction of sp³-hybridized carbons (Fsp3) is 1.00. The molecule has 0 atom stereocenters. The van der Waals surface area contributed by atoms with Crippen LogP contribution >= 0.6 is 0 Å². The molecule has 1 saturated carbocycles. The van der Waals surface area contributed by atoms with E-state index >= 15 is 0 Å². The molecule has 2 aliphatic rings. The van der Waals surface area contributed by atoms with Gasteiger partial charge < -0.3 is 9.31 Å². The van der Waals surface area contributed by atoms with Crippen molar-refractivity contribution in [3.05, 3.63) is 0 Å². The third kappa shape index (κ3) is 3.44. The molecule has 0 bridgehead atoms. The van der Waals surface area contributed by atoms with Crippen molar-refractivity contribution < 1.29 is 9.31 Å². The first kappa shape index (κ1) is 16.4. The highest BCUT2D eigenvalue weighted by Crippen LogP contribution is 2.48. The number of rotatable bonds is 1. The second kappa shape index (κ2) is 6.04. The number of hydrogen-bond donors (Lipinski definition) is 0. The molecule has 0 spiro atoms. The quantitative estimate of drug-likeness (QED) is 0.676. The van der Waals surface area contributed by atoms with Gasteiger partial charge in [0.25, 0.3) is 0 Å². The van der Waals surface area contributed by atoms with Crippen LogP contribution in [0.4, 0.5) is 0 Å². The molecule has 114 valence electrons. The van der Waals surface area contributed by atoms with Crippen LogP contribution in [0.1, 0.15) is 85.5 Å². The van der Waals surface area contributed by atoms with E-state index in [0.29, 0.717) is 0 Å². The SMILES string of the molecule is BC1(B2OC(C)(C)C(C)(C)O2)CCCCCCCCC1. The van der Waals surface area contributed by atoms with Crippen molar-refractivity contribution in [3.8, 4) is 0 Å². The van der Waals surface area contributed by atoms with Crippen LogP contribution in [0.3, 0.4) is 0 Å². The zero-order valence-corrected chi connectivity index (χ0v) is 14.3. The predicted octanol–water partition coefficient (Wildman–Crippen LogP) is 3.93. The van der Waals surface area contributed by atoms with E-state index in [4.69, 9.17) is 9.31 Å². The van der Waals surface area contributed by atoms with Crippen molar-refractivity contribution >= 4 is 15.0 Å². The molecule has 1 aliphatic carbocycles. The van der Waals surface area contributed by atoms with E-state index in [2.05, 4.69) is 35.5 Å². The van der Waals surface area contributed by atoms with Gasteiger partial charge in [-0.2, -0.15) is 0 Å². The summed E-state index contributed by atoms with van der Waals surface area (Å²) in [5.74, 6) is 0. The maximum absolute atomic E-state index is 6.35. The fourth-order valence-electron chi connectivity index (χ4n) is 3.43. The molecule has 2 fully saturated rings. The van der Waals surface area contributed by atoms with Crippen molar-refractivity contribution in [2.24, 2.45) is 0 Å². The van der Waals surface area contributed by atoms with Gasteiger partial charge in [-0.25, -0.2) is 0 Å². The molecule has 2 nitrogen and oxygen atoms in total. The summed E-state index contributed by atoms with van der Waals surface area (Å²) in [4.78, 5) is 0. The summed E-state index contributed by atoms with van der Waals surface area (Å²) in [6.45, 7) is 8.65. The van der Waals surface area contributed by atoms with E-state index in [0.717, 1.165) is 0 Å². The zero-order valence-electron chi connectivity index (χ0n) is 14.3. The Kier molecular flexibility index (Phi) is 4.96. The van der Waals surface area contributed by atoms with Crippen molar-refractivity contribution in [1.82, 2.24) is 0 Å². The standard InChI is InChI=1S/C16H32B2O2/c1-14(2)15(3,4)20-18(19-14)16(17)12-10-8-6-5-7-9-11-13-16/h5-13,17H2,1-4H3. The van der Waals surface area contributed by atoms with E-state index in [1.165, 1.54) is 57.8 Å². The molecule has 4 heteroatoms. The summed E-state index contributed by atoms with van der Waals surface area (Å²) in [7, 11) is 2.35. The molecule has 0 N–H and O–H groups in total. The summed E-state index contributed by atoms with van der Waals surface area (Å²) < 4.78 is 12.7. The summed E-state index contributed by atoms with van der Waals surface area (Å²) in [5, 5.41) is 0.183. The number of hydrogen-bond acceptors (Lipinski definition) is 2. The van der Waals surface area contributed by atoms with Crippen molar-refractivity contribution in [1.29, 1.82) is 0 Å². The van der Waals surface area contributed by atoms with Gasteiger partial charge in [0.15, 0.2) is 0 Å². The highest BCUT2D eigenvalue weighted by atomic mass is 16.7. The molecule has 0 radical (unpaired) electrons. The van der Waals surface area contributed by atoms with Crippen LogP contribution in [0.25, 0.3) is 0 Å². The van der Waals surface area contributed by atoms with E-state index in [1.54, 1.807) is 0 Å². The Bertz CT molecular complexity index is 302. The van der Waals surface area contributed by atoms with Crippen LogP contribution in [-0.2, 0) is 9.31 Å². The van der Waals surface area contributed by atoms with Crippen molar-refractivity contribution in [3.63, 3.8) is 0 Å². The molecular weight excluding hydrogens is 246 g/mol. The minimum Gasteiger partial charge on any atom is -0.403 e. The van der Waals surface area contributed by atoms with E-state index < -0.39 is 0 Å². The molecule has 0 aromatic heterocycles. The highest BCUT2D eigenvalue weighted by Gasteiger charge is 2.57. The fourth-order valence-corrected chi connectivity index (χ4v) is 3.43. The van der Waals surface area contributed by atoms with Gasteiger partial charge in [0.1, 0.15) is 7.85 Å². The summed E-state index contributed by atoms with van der Waals surface area (Å²) in [6, 6.07) is 0.